The smallest absolute Gasteiger partial charge is 0.118 e. The van der Waals surface area contributed by atoms with Crippen LogP contribution in [0, 0.1) is 0 Å². The van der Waals surface area contributed by atoms with E-state index < -0.39 is 0 Å². The molecular formula is C16H27N3O. The number of nitrogens with one attached hydrogen (secondary N) is 1. The van der Waals surface area contributed by atoms with E-state index in [1.54, 1.807) is 7.11 Å². The number of ether oxygens (including phenoxy) is 1. The van der Waals surface area contributed by atoms with E-state index in [9.17, 15) is 0 Å². The average Bonchev–Trinajstić information content (AvgIpc) is 2.62. The van der Waals surface area contributed by atoms with Crippen molar-refractivity contribution in [2.45, 2.75) is 18.5 Å². The molecule has 112 valence electrons. The quantitative estimate of drug-likeness (QED) is 0.904. The standard InChI is InChI=1S/C16H27N3O/c1-17-16(13-6-8-14(20-4)9-7-13)15-12-18(2)10-5-11-19(15)3/h6-9,15-17H,5,10-12H2,1-4H3. The predicted molar refractivity (Wildman–Crippen MR) is 83.3 cm³/mol. The van der Waals surface area contributed by atoms with Gasteiger partial charge in [-0.05, 0) is 58.3 Å². The van der Waals surface area contributed by atoms with Crippen molar-refractivity contribution >= 4 is 0 Å². The zero-order chi connectivity index (χ0) is 14.5. The second-order valence-electron chi connectivity index (χ2n) is 5.70. The molecule has 1 aromatic carbocycles. The van der Waals surface area contributed by atoms with Crippen LogP contribution in [0.3, 0.4) is 0 Å². The second kappa shape index (κ2) is 7.07. The summed E-state index contributed by atoms with van der Waals surface area (Å²) in [5, 5.41) is 3.50. The first kappa shape index (κ1) is 15.3. The van der Waals surface area contributed by atoms with E-state index >= 15 is 0 Å². The van der Waals surface area contributed by atoms with Gasteiger partial charge in [-0.1, -0.05) is 12.1 Å². The summed E-state index contributed by atoms with van der Waals surface area (Å²) < 4.78 is 5.25. The Bertz CT molecular complexity index is 407. The van der Waals surface area contributed by atoms with Crippen LogP contribution in [0.5, 0.6) is 5.75 Å². The molecule has 1 aromatic rings. The first-order valence-corrected chi connectivity index (χ1v) is 7.35. The molecule has 0 amide bonds. The number of rotatable bonds is 4. The molecule has 1 saturated heterocycles. The number of hydrogen-bond donors (Lipinski definition) is 1. The molecule has 0 aromatic heterocycles. The fraction of sp³-hybridized carbons (Fsp3) is 0.625. The van der Waals surface area contributed by atoms with E-state index in [0.717, 1.165) is 18.8 Å². The van der Waals surface area contributed by atoms with Gasteiger partial charge in [-0.25, -0.2) is 0 Å². The molecule has 0 saturated carbocycles. The molecule has 1 heterocycles. The van der Waals surface area contributed by atoms with Crippen LogP contribution in [0.15, 0.2) is 24.3 Å². The van der Waals surface area contributed by atoms with Crippen LogP contribution in [0.2, 0.25) is 0 Å². The number of nitrogens with zero attached hydrogens (tertiary/aromatic N) is 2. The third kappa shape index (κ3) is 3.51. The molecule has 0 aliphatic carbocycles. The Labute approximate surface area is 122 Å². The average molecular weight is 277 g/mol. The van der Waals surface area contributed by atoms with Gasteiger partial charge in [0.2, 0.25) is 0 Å². The number of methoxy groups -OCH3 is 1. The summed E-state index contributed by atoms with van der Waals surface area (Å²) in [4.78, 5) is 4.91. The number of hydrogen-bond acceptors (Lipinski definition) is 4. The zero-order valence-corrected chi connectivity index (χ0v) is 13.1. The van der Waals surface area contributed by atoms with E-state index in [1.165, 1.54) is 18.5 Å². The first-order valence-electron chi connectivity index (χ1n) is 7.35. The minimum atomic E-state index is 0.339. The Morgan fingerprint density at radius 2 is 1.90 bits per heavy atom. The Hall–Kier alpha value is -1.10. The minimum absolute atomic E-state index is 0.339. The van der Waals surface area contributed by atoms with E-state index in [0.29, 0.717) is 12.1 Å². The maximum atomic E-state index is 5.25. The summed E-state index contributed by atoms with van der Waals surface area (Å²) in [6, 6.07) is 9.24. The van der Waals surface area contributed by atoms with Crippen LogP contribution in [0.1, 0.15) is 18.0 Å². The lowest BCUT2D eigenvalue weighted by atomic mass is 9.98. The van der Waals surface area contributed by atoms with E-state index in [-0.39, 0.29) is 0 Å². The Balaban J connectivity index is 2.19. The third-order valence-electron chi connectivity index (χ3n) is 4.29. The molecule has 4 heteroatoms. The molecule has 2 atom stereocenters. The van der Waals surface area contributed by atoms with Crippen molar-refractivity contribution in [3.8, 4) is 5.75 Å². The highest BCUT2D eigenvalue weighted by Crippen LogP contribution is 2.24. The minimum Gasteiger partial charge on any atom is -0.497 e. The monoisotopic (exact) mass is 277 g/mol. The van der Waals surface area contributed by atoms with Gasteiger partial charge in [-0.2, -0.15) is 0 Å². The van der Waals surface area contributed by atoms with Crippen LogP contribution in [0.4, 0.5) is 0 Å². The topological polar surface area (TPSA) is 27.7 Å². The van der Waals surface area contributed by atoms with Crippen molar-refractivity contribution in [3.05, 3.63) is 29.8 Å². The highest BCUT2D eigenvalue weighted by Gasteiger charge is 2.28. The lowest BCUT2D eigenvalue weighted by Crippen LogP contribution is -2.46. The zero-order valence-electron chi connectivity index (χ0n) is 13.1. The highest BCUT2D eigenvalue weighted by molar-refractivity contribution is 5.30. The van der Waals surface area contributed by atoms with Gasteiger partial charge in [0.15, 0.2) is 0 Å². The Morgan fingerprint density at radius 1 is 1.20 bits per heavy atom. The van der Waals surface area contributed by atoms with Crippen LogP contribution < -0.4 is 10.1 Å². The van der Waals surface area contributed by atoms with E-state index in [2.05, 4.69) is 41.3 Å². The molecule has 4 nitrogen and oxygen atoms in total. The molecule has 20 heavy (non-hydrogen) atoms. The van der Waals surface area contributed by atoms with Crippen molar-refractivity contribution in [1.29, 1.82) is 0 Å². The molecule has 1 aliphatic heterocycles. The lowest BCUT2D eigenvalue weighted by molar-refractivity contribution is 0.182. The van der Waals surface area contributed by atoms with Gasteiger partial charge in [-0.3, -0.25) is 0 Å². The van der Waals surface area contributed by atoms with Crippen LogP contribution >= 0.6 is 0 Å². The first-order chi connectivity index (χ1) is 9.65. The van der Waals surface area contributed by atoms with Crippen molar-refractivity contribution in [2.24, 2.45) is 0 Å². The predicted octanol–water partition coefficient (Wildman–Crippen LogP) is 1.59. The van der Waals surface area contributed by atoms with Crippen molar-refractivity contribution in [1.82, 2.24) is 15.1 Å². The van der Waals surface area contributed by atoms with Crippen molar-refractivity contribution < 1.29 is 4.74 Å². The van der Waals surface area contributed by atoms with Gasteiger partial charge in [0.25, 0.3) is 0 Å². The fourth-order valence-electron chi connectivity index (χ4n) is 3.06. The maximum absolute atomic E-state index is 5.25. The molecular weight excluding hydrogens is 250 g/mol. The van der Waals surface area contributed by atoms with Crippen LogP contribution in [-0.4, -0.2) is 63.7 Å². The van der Waals surface area contributed by atoms with Gasteiger partial charge in [0.1, 0.15) is 5.75 Å². The van der Waals surface area contributed by atoms with Crippen LogP contribution in [-0.2, 0) is 0 Å². The van der Waals surface area contributed by atoms with Crippen molar-refractivity contribution in [3.63, 3.8) is 0 Å². The normalized spacial score (nSPS) is 23.3. The SMILES string of the molecule is CNC(c1ccc(OC)cc1)C1CN(C)CCCN1C. The maximum Gasteiger partial charge on any atom is 0.118 e. The summed E-state index contributed by atoms with van der Waals surface area (Å²) in [5.41, 5.74) is 1.32. The molecule has 1 fully saturated rings. The second-order valence-corrected chi connectivity index (χ2v) is 5.70. The fourth-order valence-corrected chi connectivity index (χ4v) is 3.06. The number of likely N-dealkylation sites (N-methyl/N-ethyl adjacent to an activating group) is 3. The molecule has 0 spiro atoms. The van der Waals surface area contributed by atoms with E-state index in [1.807, 2.05) is 19.2 Å². The van der Waals surface area contributed by atoms with Gasteiger partial charge in [0, 0.05) is 18.6 Å². The summed E-state index contributed by atoms with van der Waals surface area (Å²) in [6.45, 7) is 3.43. The summed E-state index contributed by atoms with van der Waals surface area (Å²) in [7, 11) is 8.21. The van der Waals surface area contributed by atoms with E-state index in [4.69, 9.17) is 4.74 Å². The Morgan fingerprint density at radius 3 is 2.50 bits per heavy atom. The summed E-state index contributed by atoms with van der Waals surface area (Å²) >= 11 is 0. The van der Waals surface area contributed by atoms with Gasteiger partial charge in [0.05, 0.1) is 7.11 Å². The molecule has 0 bridgehead atoms. The molecule has 0 radical (unpaired) electrons. The Kier molecular flexibility index (Phi) is 5.40. The number of benzene rings is 1. The lowest BCUT2D eigenvalue weighted by Gasteiger charge is -2.34. The molecule has 2 unspecified atom stereocenters. The molecule has 1 aliphatic rings. The van der Waals surface area contributed by atoms with Crippen molar-refractivity contribution in [2.75, 3.05) is 47.9 Å². The van der Waals surface area contributed by atoms with Crippen LogP contribution in [0.25, 0.3) is 0 Å². The molecule has 2 rings (SSSR count). The molecule has 1 N–H and O–H groups in total. The van der Waals surface area contributed by atoms with Gasteiger partial charge < -0.3 is 19.9 Å². The van der Waals surface area contributed by atoms with Gasteiger partial charge in [-0.15, -0.1) is 0 Å². The largest absolute Gasteiger partial charge is 0.497 e. The summed E-state index contributed by atoms with van der Waals surface area (Å²) in [6.07, 6.45) is 1.24. The summed E-state index contributed by atoms with van der Waals surface area (Å²) in [5.74, 6) is 0.912. The van der Waals surface area contributed by atoms with Gasteiger partial charge >= 0.3 is 0 Å². The highest BCUT2D eigenvalue weighted by atomic mass is 16.5. The third-order valence-corrected chi connectivity index (χ3v) is 4.29.